The first-order valence-electron chi connectivity index (χ1n) is 4.72. The third-order valence-electron chi connectivity index (χ3n) is 2.25. The molecule has 0 fully saturated rings. The minimum Gasteiger partial charge on any atom is -0.481 e. The molecular weight excluding hydrogens is 208 g/mol. The molecule has 2 rings (SSSR count). The molecule has 6 heteroatoms. The number of pyridine rings is 1. The molecule has 16 heavy (non-hydrogen) atoms. The molecule has 2 heterocycles. The molecule has 1 unspecified atom stereocenters. The van der Waals surface area contributed by atoms with Gasteiger partial charge < -0.3 is 10.8 Å². The van der Waals surface area contributed by atoms with E-state index in [0.29, 0.717) is 16.7 Å². The fraction of sp³-hybridized carbons (Fsp3) is 0.200. The summed E-state index contributed by atoms with van der Waals surface area (Å²) >= 11 is 0. The molecule has 6 nitrogen and oxygen atoms in total. The largest absolute Gasteiger partial charge is 0.481 e. The van der Waals surface area contributed by atoms with Crippen LogP contribution in [0.2, 0.25) is 0 Å². The highest BCUT2D eigenvalue weighted by Gasteiger charge is 2.20. The molecule has 2 aromatic heterocycles. The van der Waals surface area contributed by atoms with Gasteiger partial charge in [0.25, 0.3) is 0 Å². The van der Waals surface area contributed by atoms with E-state index in [1.54, 1.807) is 18.5 Å². The number of rotatable bonds is 3. The van der Waals surface area contributed by atoms with Gasteiger partial charge in [-0.2, -0.15) is 0 Å². The van der Waals surface area contributed by atoms with Gasteiger partial charge in [-0.25, -0.2) is 4.98 Å². The Balaban J connectivity index is 2.49. The second-order valence-corrected chi connectivity index (χ2v) is 3.29. The summed E-state index contributed by atoms with van der Waals surface area (Å²) in [7, 11) is 0. The number of carboxylic acids is 1. The number of fused-ring (bicyclic) bond motifs is 1. The van der Waals surface area contributed by atoms with Crippen LogP contribution in [0.25, 0.3) is 11.0 Å². The molecule has 0 aliphatic rings. The van der Waals surface area contributed by atoms with Crippen LogP contribution in [-0.2, 0) is 4.79 Å². The van der Waals surface area contributed by atoms with Crippen molar-refractivity contribution >= 4 is 17.0 Å². The Morgan fingerprint density at radius 1 is 1.44 bits per heavy atom. The van der Waals surface area contributed by atoms with E-state index < -0.39 is 11.9 Å². The minimum absolute atomic E-state index is 0.00418. The molecular formula is C10H10N4O2. The van der Waals surface area contributed by atoms with Crippen LogP contribution in [-0.4, -0.2) is 32.6 Å². The Morgan fingerprint density at radius 2 is 2.25 bits per heavy atom. The molecule has 0 saturated carbocycles. The van der Waals surface area contributed by atoms with Crippen LogP contribution in [0.15, 0.2) is 24.7 Å². The molecule has 82 valence electrons. The molecule has 0 aliphatic heterocycles. The number of aromatic nitrogens is 3. The van der Waals surface area contributed by atoms with Crippen molar-refractivity contribution in [2.75, 3.05) is 6.54 Å². The van der Waals surface area contributed by atoms with Crippen molar-refractivity contribution < 1.29 is 9.90 Å². The van der Waals surface area contributed by atoms with Crippen molar-refractivity contribution in [3.05, 3.63) is 30.4 Å². The zero-order valence-corrected chi connectivity index (χ0v) is 8.37. The number of carbonyl (C=O) groups is 1. The summed E-state index contributed by atoms with van der Waals surface area (Å²) in [5, 5.41) is 8.94. The maximum atomic E-state index is 10.9. The lowest BCUT2D eigenvalue weighted by Gasteiger charge is -2.08. The smallest absolute Gasteiger partial charge is 0.313 e. The van der Waals surface area contributed by atoms with Gasteiger partial charge in [-0.1, -0.05) is 0 Å². The minimum atomic E-state index is -1.000. The molecule has 1 atom stereocenters. The zero-order chi connectivity index (χ0) is 11.5. The monoisotopic (exact) mass is 218 g/mol. The summed E-state index contributed by atoms with van der Waals surface area (Å²) in [6.45, 7) is -0.00418. The summed E-state index contributed by atoms with van der Waals surface area (Å²) < 4.78 is 0. The fourth-order valence-electron chi connectivity index (χ4n) is 1.39. The highest BCUT2D eigenvalue weighted by molar-refractivity contribution is 5.77. The van der Waals surface area contributed by atoms with Crippen LogP contribution in [0, 0.1) is 0 Å². The molecule has 0 amide bonds. The second-order valence-electron chi connectivity index (χ2n) is 3.29. The average molecular weight is 218 g/mol. The Hall–Kier alpha value is -2.08. The highest BCUT2D eigenvalue weighted by Crippen LogP contribution is 2.14. The van der Waals surface area contributed by atoms with Crippen molar-refractivity contribution in [1.82, 2.24) is 15.0 Å². The maximum absolute atomic E-state index is 10.9. The van der Waals surface area contributed by atoms with Crippen LogP contribution in [0.3, 0.4) is 0 Å². The summed E-state index contributed by atoms with van der Waals surface area (Å²) in [4.78, 5) is 23.1. The van der Waals surface area contributed by atoms with Gasteiger partial charge in [0, 0.05) is 12.7 Å². The summed E-state index contributed by atoms with van der Waals surface area (Å²) in [5.74, 6) is -1.82. The predicted octanol–water partition coefficient (Wildman–Crippen LogP) is 0.152. The van der Waals surface area contributed by atoms with E-state index in [0.717, 1.165) is 0 Å². The number of nitrogens with two attached hydrogens (primary N) is 1. The van der Waals surface area contributed by atoms with Gasteiger partial charge in [-0.3, -0.25) is 14.8 Å². The van der Waals surface area contributed by atoms with E-state index in [1.165, 1.54) is 6.20 Å². The molecule has 0 saturated heterocycles. The van der Waals surface area contributed by atoms with E-state index >= 15 is 0 Å². The topological polar surface area (TPSA) is 102 Å². The van der Waals surface area contributed by atoms with Crippen molar-refractivity contribution in [3.8, 4) is 0 Å². The third-order valence-corrected chi connectivity index (χ3v) is 2.25. The normalized spacial score (nSPS) is 12.6. The van der Waals surface area contributed by atoms with Crippen LogP contribution in [0.1, 0.15) is 11.6 Å². The van der Waals surface area contributed by atoms with Crippen LogP contribution >= 0.6 is 0 Å². The SMILES string of the molecule is NCC(C(=O)O)c1cnc2ccncc2n1. The lowest BCUT2D eigenvalue weighted by Crippen LogP contribution is -2.22. The summed E-state index contributed by atoms with van der Waals surface area (Å²) in [6, 6.07) is 1.71. The van der Waals surface area contributed by atoms with Crippen molar-refractivity contribution in [2.45, 2.75) is 5.92 Å². The Morgan fingerprint density at radius 3 is 2.94 bits per heavy atom. The van der Waals surface area contributed by atoms with Crippen LogP contribution < -0.4 is 5.73 Å². The Labute approximate surface area is 91.2 Å². The standard InChI is InChI=1S/C10H10N4O2/c11-3-6(10(15)16)8-5-13-7-1-2-12-4-9(7)14-8/h1-2,4-6H,3,11H2,(H,15,16). The first-order chi connectivity index (χ1) is 7.72. The molecule has 0 bridgehead atoms. The first kappa shape index (κ1) is 10.4. The second kappa shape index (κ2) is 4.19. The van der Waals surface area contributed by atoms with Gasteiger partial charge in [0.05, 0.1) is 23.6 Å². The summed E-state index contributed by atoms with van der Waals surface area (Å²) in [5.41, 5.74) is 6.99. The number of hydrogen-bond acceptors (Lipinski definition) is 5. The lowest BCUT2D eigenvalue weighted by atomic mass is 10.1. The number of nitrogens with zero attached hydrogens (tertiary/aromatic N) is 3. The van der Waals surface area contributed by atoms with E-state index in [2.05, 4.69) is 15.0 Å². The third kappa shape index (κ3) is 1.82. The summed E-state index contributed by atoms with van der Waals surface area (Å²) in [6.07, 6.45) is 4.59. The highest BCUT2D eigenvalue weighted by atomic mass is 16.4. The van der Waals surface area contributed by atoms with Gasteiger partial charge in [-0.05, 0) is 6.07 Å². The Kier molecular flexibility index (Phi) is 2.74. The van der Waals surface area contributed by atoms with Gasteiger partial charge in [-0.15, -0.1) is 0 Å². The first-order valence-corrected chi connectivity index (χ1v) is 4.72. The van der Waals surface area contributed by atoms with Crippen LogP contribution in [0.4, 0.5) is 0 Å². The van der Waals surface area contributed by atoms with E-state index in [4.69, 9.17) is 10.8 Å². The average Bonchev–Trinajstić information content (AvgIpc) is 2.29. The van der Waals surface area contributed by atoms with Crippen molar-refractivity contribution in [3.63, 3.8) is 0 Å². The number of aliphatic carboxylic acids is 1. The zero-order valence-electron chi connectivity index (χ0n) is 8.37. The molecule has 0 spiro atoms. The maximum Gasteiger partial charge on any atom is 0.313 e. The molecule has 3 N–H and O–H groups in total. The molecule has 0 aliphatic carbocycles. The van der Waals surface area contributed by atoms with Gasteiger partial charge in [0.15, 0.2) is 0 Å². The van der Waals surface area contributed by atoms with E-state index in [9.17, 15) is 4.79 Å². The molecule has 2 aromatic rings. The fourth-order valence-corrected chi connectivity index (χ4v) is 1.39. The quantitative estimate of drug-likeness (QED) is 0.760. The van der Waals surface area contributed by atoms with Gasteiger partial charge >= 0.3 is 5.97 Å². The van der Waals surface area contributed by atoms with Gasteiger partial charge in [0.1, 0.15) is 11.4 Å². The van der Waals surface area contributed by atoms with E-state index in [-0.39, 0.29) is 6.54 Å². The Bertz CT molecular complexity index is 529. The predicted molar refractivity (Wildman–Crippen MR) is 56.8 cm³/mol. The number of carboxylic acid groups (broad SMARTS) is 1. The van der Waals surface area contributed by atoms with Crippen molar-refractivity contribution in [2.24, 2.45) is 5.73 Å². The van der Waals surface area contributed by atoms with Crippen molar-refractivity contribution in [1.29, 1.82) is 0 Å². The number of hydrogen-bond donors (Lipinski definition) is 2. The van der Waals surface area contributed by atoms with E-state index in [1.807, 2.05) is 0 Å². The van der Waals surface area contributed by atoms with Gasteiger partial charge in [0.2, 0.25) is 0 Å². The lowest BCUT2D eigenvalue weighted by molar-refractivity contribution is -0.138. The molecule has 0 aromatic carbocycles. The molecule has 0 radical (unpaired) electrons. The van der Waals surface area contributed by atoms with Crippen LogP contribution in [0.5, 0.6) is 0 Å².